The standard InChI is InChI=1S/C64H112O6/c1-4-7-10-13-16-19-22-25-27-28-29-30-31-32-33-34-35-36-37-40-42-45-48-51-54-57-63(66)69-60-61(59-68-62(65)56-53-50-47-44-41-38-24-21-18-15-12-9-6-3)70-64(67)58-55-52-49-46-43-39-26-23-20-17-14-11-8-5-2/h9,12,18,21-22,25,28-29,38,41,47,50,61H,4-8,10-11,13-17,19-20,23-24,26-27,30-37,39-40,42-46,48-49,51-60H2,1-3H3/b12-9-,21-18-,25-22-,29-28-,41-38-,50-47-. The summed E-state index contributed by atoms with van der Waals surface area (Å²) >= 11 is 0. The Bertz CT molecular complexity index is 1310. The lowest BCUT2D eigenvalue weighted by Gasteiger charge is -2.18. The second-order valence-corrected chi connectivity index (χ2v) is 19.9. The van der Waals surface area contributed by atoms with Gasteiger partial charge in [0, 0.05) is 19.3 Å². The van der Waals surface area contributed by atoms with Crippen molar-refractivity contribution in [1.29, 1.82) is 0 Å². The van der Waals surface area contributed by atoms with E-state index in [-0.39, 0.29) is 37.5 Å². The topological polar surface area (TPSA) is 78.9 Å². The fourth-order valence-electron chi connectivity index (χ4n) is 8.49. The van der Waals surface area contributed by atoms with Gasteiger partial charge in [0.05, 0.1) is 0 Å². The van der Waals surface area contributed by atoms with Gasteiger partial charge < -0.3 is 14.2 Å². The van der Waals surface area contributed by atoms with Crippen LogP contribution >= 0.6 is 0 Å². The molecule has 1 unspecified atom stereocenters. The zero-order valence-corrected chi connectivity index (χ0v) is 46.3. The van der Waals surface area contributed by atoms with Crippen molar-refractivity contribution in [3.05, 3.63) is 72.9 Å². The number of unbranched alkanes of at least 4 members (excludes halogenated alkanes) is 31. The molecule has 0 bridgehead atoms. The van der Waals surface area contributed by atoms with E-state index in [0.717, 1.165) is 70.6 Å². The lowest BCUT2D eigenvalue weighted by Crippen LogP contribution is -2.30. The Morgan fingerprint density at radius 3 is 0.957 bits per heavy atom. The normalized spacial score (nSPS) is 12.6. The van der Waals surface area contributed by atoms with E-state index in [0.29, 0.717) is 19.3 Å². The van der Waals surface area contributed by atoms with Gasteiger partial charge in [0.25, 0.3) is 0 Å². The molecule has 0 fully saturated rings. The van der Waals surface area contributed by atoms with Crippen LogP contribution in [0.1, 0.15) is 297 Å². The molecule has 0 aromatic carbocycles. The zero-order chi connectivity index (χ0) is 50.7. The predicted molar refractivity (Wildman–Crippen MR) is 302 cm³/mol. The van der Waals surface area contributed by atoms with Crippen molar-refractivity contribution in [2.45, 2.75) is 303 Å². The molecule has 6 heteroatoms. The van der Waals surface area contributed by atoms with Gasteiger partial charge in [-0.25, -0.2) is 0 Å². The third-order valence-corrected chi connectivity index (χ3v) is 13.0. The monoisotopic (exact) mass is 977 g/mol. The van der Waals surface area contributed by atoms with Crippen LogP contribution < -0.4 is 0 Å². The van der Waals surface area contributed by atoms with Crippen LogP contribution in [0.15, 0.2) is 72.9 Å². The average molecular weight is 978 g/mol. The summed E-state index contributed by atoms with van der Waals surface area (Å²) < 4.78 is 16.8. The molecular formula is C64H112O6. The molecule has 0 radical (unpaired) electrons. The molecule has 70 heavy (non-hydrogen) atoms. The Kier molecular flexibility index (Phi) is 55.8. The van der Waals surface area contributed by atoms with Gasteiger partial charge in [-0.3, -0.25) is 14.4 Å². The van der Waals surface area contributed by atoms with Crippen molar-refractivity contribution in [1.82, 2.24) is 0 Å². The van der Waals surface area contributed by atoms with E-state index in [1.165, 1.54) is 180 Å². The van der Waals surface area contributed by atoms with Gasteiger partial charge in [-0.15, -0.1) is 0 Å². The number of allylic oxidation sites excluding steroid dienone is 12. The van der Waals surface area contributed by atoms with Crippen LogP contribution in [0.5, 0.6) is 0 Å². The van der Waals surface area contributed by atoms with Crippen LogP contribution in [0.25, 0.3) is 0 Å². The fraction of sp³-hybridized carbons (Fsp3) is 0.766. The Labute approximate surface area is 433 Å². The van der Waals surface area contributed by atoms with Crippen molar-refractivity contribution in [2.24, 2.45) is 0 Å². The Morgan fingerprint density at radius 2 is 0.586 bits per heavy atom. The smallest absolute Gasteiger partial charge is 0.306 e. The molecule has 1 atom stereocenters. The van der Waals surface area contributed by atoms with Gasteiger partial charge in [-0.1, -0.05) is 273 Å². The SMILES string of the molecule is CC/C=C\C/C=C\C/C=C\C/C=C\CCC(=O)OCC(COC(=O)CCCCCCCCCCCCCCC/C=C\C/C=C\CCCCCCC)OC(=O)CCCCCCCCCCCCCCCC. The van der Waals surface area contributed by atoms with Gasteiger partial charge in [0.15, 0.2) is 6.10 Å². The highest BCUT2D eigenvalue weighted by Gasteiger charge is 2.19. The molecule has 0 saturated heterocycles. The summed E-state index contributed by atoms with van der Waals surface area (Å²) in [6.45, 7) is 6.48. The number of ether oxygens (including phenoxy) is 3. The fourth-order valence-corrected chi connectivity index (χ4v) is 8.49. The summed E-state index contributed by atoms with van der Waals surface area (Å²) in [6.07, 6.45) is 74.9. The first kappa shape index (κ1) is 66.9. The van der Waals surface area contributed by atoms with Crippen LogP contribution in [0, 0.1) is 0 Å². The van der Waals surface area contributed by atoms with E-state index >= 15 is 0 Å². The first-order valence-electron chi connectivity index (χ1n) is 29.9. The summed E-state index contributed by atoms with van der Waals surface area (Å²) in [6, 6.07) is 0. The molecule has 0 N–H and O–H groups in total. The number of rotatable bonds is 54. The number of hydrogen-bond donors (Lipinski definition) is 0. The maximum atomic E-state index is 12.8. The molecule has 0 aliphatic carbocycles. The minimum absolute atomic E-state index is 0.0950. The minimum Gasteiger partial charge on any atom is -0.462 e. The largest absolute Gasteiger partial charge is 0.462 e. The maximum Gasteiger partial charge on any atom is 0.306 e. The molecule has 0 heterocycles. The van der Waals surface area contributed by atoms with Crippen LogP contribution in [-0.4, -0.2) is 37.2 Å². The Balaban J connectivity index is 4.29. The summed E-state index contributed by atoms with van der Waals surface area (Å²) in [5.74, 6) is -0.970. The van der Waals surface area contributed by atoms with Crippen LogP contribution in [-0.2, 0) is 28.6 Å². The number of hydrogen-bond acceptors (Lipinski definition) is 6. The van der Waals surface area contributed by atoms with Gasteiger partial charge in [-0.2, -0.15) is 0 Å². The summed E-state index contributed by atoms with van der Waals surface area (Å²) in [5.41, 5.74) is 0. The van der Waals surface area contributed by atoms with E-state index in [2.05, 4.69) is 87.6 Å². The van der Waals surface area contributed by atoms with Crippen molar-refractivity contribution in [3.63, 3.8) is 0 Å². The molecule has 404 valence electrons. The highest BCUT2D eigenvalue weighted by molar-refractivity contribution is 5.71. The van der Waals surface area contributed by atoms with Crippen molar-refractivity contribution < 1.29 is 28.6 Å². The lowest BCUT2D eigenvalue weighted by atomic mass is 10.0. The highest BCUT2D eigenvalue weighted by Crippen LogP contribution is 2.16. The maximum absolute atomic E-state index is 12.8. The van der Waals surface area contributed by atoms with Crippen molar-refractivity contribution in [2.75, 3.05) is 13.2 Å². The first-order valence-corrected chi connectivity index (χ1v) is 29.9. The molecule has 0 aliphatic rings. The third-order valence-electron chi connectivity index (χ3n) is 13.0. The zero-order valence-electron chi connectivity index (χ0n) is 46.3. The van der Waals surface area contributed by atoms with Crippen molar-refractivity contribution in [3.8, 4) is 0 Å². The summed E-state index contributed by atoms with van der Waals surface area (Å²) in [4.78, 5) is 38.1. The number of carbonyl (C=O) groups excluding carboxylic acids is 3. The summed E-state index contributed by atoms with van der Waals surface area (Å²) in [5, 5.41) is 0. The minimum atomic E-state index is -0.802. The van der Waals surface area contributed by atoms with Crippen LogP contribution in [0.3, 0.4) is 0 Å². The molecular weight excluding hydrogens is 865 g/mol. The van der Waals surface area contributed by atoms with Crippen LogP contribution in [0.2, 0.25) is 0 Å². The Morgan fingerprint density at radius 1 is 0.300 bits per heavy atom. The van der Waals surface area contributed by atoms with E-state index in [9.17, 15) is 14.4 Å². The second-order valence-electron chi connectivity index (χ2n) is 19.9. The average Bonchev–Trinajstić information content (AvgIpc) is 3.36. The van der Waals surface area contributed by atoms with Crippen molar-refractivity contribution >= 4 is 17.9 Å². The predicted octanol–water partition coefficient (Wildman–Crippen LogP) is 20.2. The lowest BCUT2D eigenvalue weighted by molar-refractivity contribution is -0.166. The molecule has 0 aromatic heterocycles. The van der Waals surface area contributed by atoms with E-state index in [1.807, 2.05) is 6.08 Å². The number of carbonyl (C=O) groups is 3. The van der Waals surface area contributed by atoms with E-state index in [4.69, 9.17) is 14.2 Å². The molecule has 0 amide bonds. The van der Waals surface area contributed by atoms with Gasteiger partial charge in [-0.05, 0) is 77.0 Å². The second kappa shape index (κ2) is 58.4. The third kappa shape index (κ3) is 55.8. The Hall–Kier alpha value is -3.15. The number of esters is 3. The van der Waals surface area contributed by atoms with Gasteiger partial charge >= 0.3 is 17.9 Å². The molecule has 0 aromatic rings. The molecule has 0 spiro atoms. The summed E-state index contributed by atoms with van der Waals surface area (Å²) in [7, 11) is 0. The molecule has 0 aliphatic heterocycles. The molecule has 6 nitrogen and oxygen atoms in total. The van der Waals surface area contributed by atoms with Gasteiger partial charge in [0.1, 0.15) is 13.2 Å². The van der Waals surface area contributed by atoms with E-state index in [1.54, 1.807) is 0 Å². The molecule has 0 saturated carbocycles. The van der Waals surface area contributed by atoms with Crippen LogP contribution in [0.4, 0.5) is 0 Å². The molecule has 0 rings (SSSR count). The highest BCUT2D eigenvalue weighted by atomic mass is 16.6. The van der Waals surface area contributed by atoms with E-state index < -0.39 is 6.10 Å². The van der Waals surface area contributed by atoms with Gasteiger partial charge in [0.2, 0.25) is 0 Å². The first-order chi connectivity index (χ1) is 34.5. The quantitative estimate of drug-likeness (QED) is 0.0261.